The van der Waals surface area contributed by atoms with Crippen LogP contribution in [-0.4, -0.2) is 36.9 Å². The fourth-order valence-electron chi connectivity index (χ4n) is 0.912. The van der Waals surface area contributed by atoms with Crippen LogP contribution in [0.4, 0.5) is 0 Å². The predicted molar refractivity (Wildman–Crippen MR) is 71.3 cm³/mol. The van der Waals surface area contributed by atoms with Crippen molar-refractivity contribution >= 4 is 5.97 Å². The van der Waals surface area contributed by atoms with E-state index in [4.69, 9.17) is 9.84 Å². The summed E-state index contributed by atoms with van der Waals surface area (Å²) in [6.45, 7) is 12.8. The highest BCUT2D eigenvalue weighted by molar-refractivity contribution is 5.66. The quantitative estimate of drug-likeness (QED) is 0.647. The van der Waals surface area contributed by atoms with Gasteiger partial charge in [-0.05, 0) is 32.7 Å². The maximum absolute atomic E-state index is 9.83. The minimum Gasteiger partial charge on any atom is -0.481 e. The molecule has 0 unspecified atom stereocenters. The molecule has 4 heteroatoms. The number of carbonyl (C=O) groups is 1. The molecule has 0 atom stereocenters. The van der Waals surface area contributed by atoms with Crippen LogP contribution in [0, 0.1) is 5.92 Å². The maximum atomic E-state index is 9.83. The molecule has 0 fully saturated rings. The molecule has 0 aromatic heterocycles. The van der Waals surface area contributed by atoms with Crippen LogP contribution in [-0.2, 0) is 9.53 Å². The van der Waals surface area contributed by atoms with Crippen LogP contribution in [0.1, 0.15) is 47.5 Å². The summed E-state index contributed by atoms with van der Waals surface area (Å²) in [7, 11) is 0. The van der Waals surface area contributed by atoms with Crippen molar-refractivity contribution in [3.8, 4) is 0 Å². The molecule has 0 amide bonds. The normalized spacial score (nSPS) is 10.3. The Morgan fingerprint density at radius 3 is 2.24 bits per heavy atom. The van der Waals surface area contributed by atoms with Crippen LogP contribution >= 0.6 is 0 Å². The van der Waals surface area contributed by atoms with Gasteiger partial charge in [-0.2, -0.15) is 0 Å². The summed E-state index contributed by atoms with van der Waals surface area (Å²) in [5, 5.41) is 11.0. The first-order valence-electron chi connectivity index (χ1n) is 6.44. The minimum atomic E-state index is -0.744. The molecule has 0 spiro atoms. The molecule has 0 aromatic rings. The van der Waals surface area contributed by atoms with E-state index in [0.29, 0.717) is 12.6 Å². The molecule has 0 saturated heterocycles. The fourth-order valence-corrected chi connectivity index (χ4v) is 0.912. The number of nitrogens with one attached hydrogen (secondary N) is 1. The van der Waals surface area contributed by atoms with Gasteiger partial charge in [-0.1, -0.05) is 20.8 Å². The molecule has 0 bridgehead atoms. The molecule has 0 aromatic carbocycles. The van der Waals surface area contributed by atoms with Crippen molar-refractivity contribution in [1.82, 2.24) is 5.32 Å². The van der Waals surface area contributed by atoms with Gasteiger partial charge < -0.3 is 15.2 Å². The van der Waals surface area contributed by atoms with Gasteiger partial charge in [0.25, 0.3) is 0 Å². The van der Waals surface area contributed by atoms with Gasteiger partial charge >= 0.3 is 5.97 Å². The monoisotopic (exact) mass is 247 g/mol. The van der Waals surface area contributed by atoms with Crippen LogP contribution in [0.5, 0.6) is 0 Å². The topological polar surface area (TPSA) is 58.6 Å². The van der Waals surface area contributed by atoms with E-state index in [9.17, 15) is 4.79 Å². The van der Waals surface area contributed by atoms with Gasteiger partial charge in [0.1, 0.15) is 0 Å². The summed E-state index contributed by atoms with van der Waals surface area (Å²) in [5.74, 6) is 0.0229. The van der Waals surface area contributed by atoms with E-state index < -0.39 is 5.97 Å². The van der Waals surface area contributed by atoms with Gasteiger partial charge in [-0.3, -0.25) is 4.79 Å². The van der Waals surface area contributed by atoms with Crippen molar-refractivity contribution in [1.29, 1.82) is 0 Å². The first-order valence-corrected chi connectivity index (χ1v) is 6.44. The Kier molecular flexibility index (Phi) is 14.8. The lowest BCUT2D eigenvalue weighted by molar-refractivity contribution is -0.136. The van der Waals surface area contributed by atoms with Crippen molar-refractivity contribution in [3.63, 3.8) is 0 Å². The van der Waals surface area contributed by atoms with Gasteiger partial charge in [0.2, 0.25) is 0 Å². The number of ether oxygens (including phenoxy) is 1. The van der Waals surface area contributed by atoms with E-state index in [2.05, 4.69) is 33.0 Å². The summed E-state index contributed by atoms with van der Waals surface area (Å²) in [5.41, 5.74) is 0. The Hall–Kier alpha value is -0.610. The summed E-state index contributed by atoms with van der Waals surface area (Å²) in [6.07, 6.45) is 1.79. The third-order valence-electron chi connectivity index (χ3n) is 1.91. The Morgan fingerprint density at radius 2 is 1.88 bits per heavy atom. The Balaban J connectivity index is 0. The second-order valence-electron chi connectivity index (χ2n) is 4.60. The van der Waals surface area contributed by atoms with Crippen LogP contribution < -0.4 is 5.32 Å². The summed E-state index contributed by atoms with van der Waals surface area (Å²) in [4.78, 5) is 9.83. The molecule has 104 valence electrons. The molecule has 0 aliphatic rings. The highest BCUT2D eigenvalue weighted by Crippen LogP contribution is 2.00. The second-order valence-corrected chi connectivity index (χ2v) is 4.60. The van der Waals surface area contributed by atoms with Crippen LogP contribution in [0.2, 0.25) is 0 Å². The highest BCUT2D eigenvalue weighted by atomic mass is 16.5. The summed E-state index contributed by atoms with van der Waals surface area (Å²) < 4.78 is 5.35. The second kappa shape index (κ2) is 13.5. The molecular formula is C13H29NO3. The lowest BCUT2D eigenvalue weighted by atomic mass is 10.1. The lowest BCUT2D eigenvalue weighted by Crippen LogP contribution is -2.16. The number of rotatable bonds is 8. The van der Waals surface area contributed by atoms with E-state index >= 15 is 0 Å². The van der Waals surface area contributed by atoms with E-state index in [1.165, 1.54) is 6.42 Å². The number of carboxylic acid groups (broad SMARTS) is 1. The van der Waals surface area contributed by atoms with E-state index in [1.807, 2.05) is 6.92 Å². The average Bonchev–Trinajstić information content (AvgIpc) is 2.17. The molecule has 17 heavy (non-hydrogen) atoms. The first kappa shape index (κ1) is 18.7. The van der Waals surface area contributed by atoms with Gasteiger partial charge in [-0.25, -0.2) is 0 Å². The third kappa shape index (κ3) is 25.6. The molecule has 2 N–H and O–H groups in total. The molecule has 0 aliphatic carbocycles. The van der Waals surface area contributed by atoms with Gasteiger partial charge in [0, 0.05) is 13.2 Å². The molecule has 0 aliphatic heterocycles. The smallest absolute Gasteiger partial charge is 0.304 e. The zero-order valence-electron chi connectivity index (χ0n) is 12.0. The summed E-state index contributed by atoms with van der Waals surface area (Å²) in [6, 6.07) is 0. The lowest BCUT2D eigenvalue weighted by Gasteiger charge is -2.08. The number of hydrogen-bond donors (Lipinski definition) is 2. The molecular weight excluding hydrogens is 218 g/mol. The Bertz CT molecular complexity index is 162. The molecule has 0 heterocycles. The van der Waals surface area contributed by atoms with Crippen molar-refractivity contribution < 1.29 is 14.6 Å². The largest absolute Gasteiger partial charge is 0.481 e. The van der Waals surface area contributed by atoms with E-state index in [-0.39, 0.29) is 6.42 Å². The molecule has 0 radical (unpaired) electrons. The van der Waals surface area contributed by atoms with E-state index in [1.54, 1.807) is 0 Å². The van der Waals surface area contributed by atoms with Crippen molar-refractivity contribution in [3.05, 3.63) is 0 Å². The van der Waals surface area contributed by atoms with Crippen molar-refractivity contribution in [2.24, 2.45) is 5.92 Å². The van der Waals surface area contributed by atoms with Gasteiger partial charge in [0.15, 0.2) is 0 Å². The highest BCUT2D eigenvalue weighted by Gasteiger charge is 1.95. The standard InChI is InChI=1S/C8H18O.C5H11NO2/c1-7(2)5-6-9-8(3)4;1-2-6-4-3-5(7)8/h7-8H,5-6H2,1-4H3;6H,2-4H2,1H3,(H,7,8). The fraction of sp³-hybridized carbons (Fsp3) is 0.923. The number of carboxylic acids is 1. The van der Waals surface area contributed by atoms with Crippen molar-refractivity contribution in [2.75, 3.05) is 19.7 Å². The van der Waals surface area contributed by atoms with Crippen molar-refractivity contribution in [2.45, 2.75) is 53.6 Å². The van der Waals surface area contributed by atoms with Crippen LogP contribution in [0.25, 0.3) is 0 Å². The van der Waals surface area contributed by atoms with Crippen LogP contribution in [0.15, 0.2) is 0 Å². The average molecular weight is 247 g/mol. The Labute approximate surface area is 106 Å². The third-order valence-corrected chi connectivity index (χ3v) is 1.91. The molecule has 0 rings (SSSR count). The SMILES string of the molecule is CC(C)CCOC(C)C.CCNCCC(=O)O. The zero-order chi connectivity index (χ0) is 13.7. The minimum absolute atomic E-state index is 0.216. The first-order chi connectivity index (χ1) is 7.90. The van der Waals surface area contributed by atoms with Gasteiger partial charge in [-0.15, -0.1) is 0 Å². The molecule has 0 saturated carbocycles. The maximum Gasteiger partial charge on any atom is 0.304 e. The van der Waals surface area contributed by atoms with E-state index in [0.717, 1.165) is 19.1 Å². The zero-order valence-corrected chi connectivity index (χ0v) is 12.0. The Morgan fingerprint density at radius 1 is 1.29 bits per heavy atom. The summed E-state index contributed by atoms with van der Waals surface area (Å²) >= 11 is 0. The number of aliphatic carboxylic acids is 1. The molecule has 4 nitrogen and oxygen atoms in total. The van der Waals surface area contributed by atoms with Gasteiger partial charge in [0.05, 0.1) is 12.5 Å². The number of hydrogen-bond acceptors (Lipinski definition) is 3. The van der Waals surface area contributed by atoms with Crippen LogP contribution in [0.3, 0.4) is 0 Å². The predicted octanol–water partition coefficient (Wildman–Crippen LogP) is 2.53.